The second kappa shape index (κ2) is 11.1. The molecule has 0 radical (unpaired) electrons. The van der Waals surface area contributed by atoms with Gasteiger partial charge < -0.3 is 19.5 Å². The number of ether oxygens (including phenoxy) is 1. The van der Waals surface area contributed by atoms with E-state index in [-0.39, 0.29) is 30.1 Å². The summed E-state index contributed by atoms with van der Waals surface area (Å²) in [6.07, 6.45) is 4.76. The van der Waals surface area contributed by atoms with Crippen molar-refractivity contribution in [1.82, 2.24) is 25.0 Å². The van der Waals surface area contributed by atoms with Crippen LogP contribution in [0.15, 0.2) is 29.3 Å². The van der Waals surface area contributed by atoms with Crippen molar-refractivity contribution in [3.05, 3.63) is 47.0 Å². The first kappa shape index (κ1) is 23.0. The second-order valence-corrected chi connectivity index (χ2v) is 7.83. The Bertz CT molecular complexity index is 852. The van der Waals surface area contributed by atoms with Gasteiger partial charge in [-0.15, -0.1) is 34.2 Å². The van der Waals surface area contributed by atoms with Gasteiger partial charge in [0.1, 0.15) is 18.5 Å². The molecular formula is C22H33IN6O. The molecule has 4 rings (SSSR count). The van der Waals surface area contributed by atoms with E-state index in [2.05, 4.69) is 63.1 Å². The number of aryl methyl sites for hydroxylation is 2. The molecule has 1 atom stereocenters. The van der Waals surface area contributed by atoms with E-state index in [1.54, 1.807) is 0 Å². The number of hydrogen-bond donors (Lipinski definition) is 1. The van der Waals surface area contributed by atoms with Crippen molar-refractivity contribution in [3.8, 4) is 0 Å². The highest BCUT2D eigenvalue weighted by atomic mass is 127. The number of morpholine rings is 1. The van der Waals surface area contributed by atoms with E-state index >= 15 is 0 Å². The molecule has 0 saturated carbocycles. The maximum atomic E-state index is 6.09. The SMILES string of the molecule is CCNC(=NCc1nnc2n1CCCCC2)N1CCOC(c2ccccc2C)C1.I. The van der Waals surface area contributed by atoms with Gasteiger partial charge in [0, 0.05) is 26.1 Å². The minimum Gasteiger partial charge on any atom is -0.370 e. The van der Waals surface area contributed by atoms with Gasteiger partial charge in [0.25, 0.3) is 0 Å². The van der Waals surface area contributed by atoms with E-state index in [1.165, 1.54) is 30.4 Å². The normalized spacial score (nSPS) is 19.6. The largest absolute Gasteiger partial charge is 0.370 e. The Hall–Kier alpha value is -1.68. The monoisotopic (exact) mass is 524 g/mol. The highest BCUT2D eigenvalue weighted by Crippen LogP contribution is 2.25. The van der Waals surface area contributed by atoms with Gasteiger partial charge in [-0.05, 0) is 37.8 Å². The molecule has 0 spiro atoms. The predicted octanol–water partition coefficient (Wildman–Crippen LogP) is 3.47. The van der Waals surface area contributed by atoms with Crippen LogP contribution in [0.4, 0.5) is 0 Å². The Morgan fingerprint density at radius 3 is 2.90 bits per heavy atom. The lowest BCUT2D eigenvalue weighted by atomic mass is 10.0. The van der Waals surface area contributed by atoms with E-state index < -0.39 is 0 Å². The van der Waals surface area contributed by atoms with Crippen LogP contribution < -0.4 is 5.32 Å². The quantitative estimate of drug-likeness (QED) is 0.377. The average Bonchev–Trinajstić information content (AvgIpc) is 2.97. The van der Waals surface area contributed by atoms with Gasteiger partial charge in [-0.25, -0.2) is 4.99 Å². The Balaban J connectivity index is 0.00000256. The van der Waals surface area contributed by atoms with Gasteiger partial charge in [0.05, 0.1) is 13.2 Å². The van der Waals surface area contributed by atoms with Crippen LogP contribution in [-0.4, -0.2) is 51.9 Å². The first-order valence-electron chi connectivity index (χ1n) is 10.9. The Labute approximate surface area is 196 Å². The van der Waals surface area contributed by atoms with Crippen molar-refractivity contribution >= 4 is 29.9 Å². The number of aliphatic imine (C=N–C) groups is 1. The van der Waals surface area contributed by atoms with Crippen LogP contribution in [0.1, 0.15) is 55.1 Å². The van der Waals surface area contributed by atoms with Crippen LogP contribution in [0, 0.1) is 6.92 Å². The van der Waals surface area contributed by atoms with E-state index in [9.17, 15) is 0 Å². The maximum absolute atomic E-state index is 6.09. The lowest BCUT2D eigenvalue weighted by Crippen LogP contribution is -2.48. The van der Waals surface area contributed by atoms with Crippen LogP contribution >= 0.6 is 24.0 Å². The molecule has 1 saturated heterocycles. The number of rotatable bonds is 4. The van der Waals surface area contributed by atoms with Crippen LogP contribution in [0.5, 0.6) is 0 Å². The van der Waals surface area contributed by atoms with E-state index in [0.717, 1.165) is 50.2 Å². The molecule has 0 aliphatic carbocycles. The van der Waals surface area contributed by atoms with Crippen molar-refractivity contribution in [2.24, 2.45) is 4.99 Å². The van der Waals surface area contributed by atoms with E-state index in [1.807, 2.05) is 0 Å². The smallest absolute Gasteiger partial charge is 0.194 e. The van der Waals surface area contributed by atoms with Crippen LogP contribution in [0.2, 0.25) is 0 Å². The van der Waals surface area contributed by atoms with Crippen molar-refractivity contribution < 1.29 is 4.74 Å². The second-order valence-electron chi connectivity index (χ2n) is 7.83. The summed E-state index contributed by atoms with van der Waals surface area (Å²) in [7, 11) is 0. The lowest BCUT2D eigenvalue weighted by Gasteiger charge is -2.35. The fraction of sp³-hybridized carbons (Fsp3) is 0.591. The number of hydrogen-bond acceptors (Lipinski definition) is 4. The molecule has 2 aromatic rings. The van der Waals surface area contributed by atoms with E-state index in [0.29, 0.717) is 13.2 Å². The third kappa shape index (κ3) is 5.32. The zero-order chi connectivity index (χ0) is 20.1. The molecule has 2 aliphatic heterocycles. The average molecular weight is 524 g/mol. The van der Waals surface area contributed by atoms with Crippen molar-refractivity contribution in [1.29, 1.82) is 0 Å². The highest BCUT2D eigenvalue weighted by Gasteiger charge is 2.25. The summed E-state index contributed by atoms with van der Waals surface area (Å²) < 4.78 is 8.36. The molecule has 0 bridgehead atoms. The molecule has 30 heavy (non-hydrogen) atoms. The van der Waals surface area contributed by atoms with Crippen molar-refractivity contribution in [2.75, 3.05) is 26.2 Å². The van der Waals surface area contributed by atoms with Gasteiger partial charge in [0.2, 0.25) is 0 Å². The number of guanidine groups is 1. The zero-order valence-electron chi connectivity index (χ0n) is 18.0. The maximum Gasteiger partial charge on any atom is 0.194 e. The summed E-state index contributed by atoms with van der Waals surface area (Å²) >= 11 is 0. The molecule has 164 valence electrons. The molecule has 3 heterocycles. The fourth-order valence-electron chi connectivity index (χ4n) is 4.21. The predicted molar refractivity (Wildman–Crippen MR) is 129 cm³/mol. The van der Waals surface area contributed by atoms with Crippen LogP contribution in [0.25, 0.3) is 0 Å². The standard InChI is InChI=1S/C22H32N6O.HI/c1-3-23-22(24-15-21-26-25-20-11-5-4-8-12-28(20)21)27-13-14-29-19(16-27)18-10-7-6-9-17(18)2;/h6-7,9-10,19H,3-5,8,11-16H2,1-2H3,(H,23,24);1H. The minimum atomic E-state index is 0. The number of halogens is 1. The van der Waals surface area contributed by atoms with E-state index in [4.69, 9.17) is 9.73 Å². The summed E-state index contributed by atoms with van der Waals surface area (Å²) in [5.74, 6) is 3.02. The summed E-state index contributed by atoms with van der Waals surface area (Å²) in [4.78, 5) is 7.23. The number of fused-ring (bicyclic) bond motifs is 1. The van der Waals surface area contributed by atoms with Gasteiger partial charge in [-0.3, -0.25) is 0 Å². The molecule has 2 aliphatic rings. The Morgan fingerprint density at radius 2 is 2.07 bits per heavy atom. The molecule has 1 fully saturated rings. The summed E-state index contributed by atoms with van der Waals surface area (Å²) in [6, 6.07) is 8.47. The molecule has 7 nitrogen and oxygen atoms in total. The zero-order valence-corrected chi connectivity index (χ0v) is 20.3. The van der Waals surface area contributed by atoms with Crippen LogP contribution in [0.3, 0.4) is 0 Å². The first-order chi connectivity index (χ1) is 14.3. The topological polar surface area (TPSA) is 67.6 Å². The molecule has 1 unspecified atom stereocenters. The van der Waals surface area contributed by atoms with Gasteiger partial charge >= 0.3 is 0 Å². The summed E-state index contributed by atoms with van der Waals surface area (Å²) in [5.41, 5.74) is 2.53. The lowest BCUT2D eigenvalue weighted by molar-refractivity contribution is -0.00834. The molecule has 1 N–H and O–H groups in total. The minimum absolute atomic E-state index is 0. The highest BCUT2D eigenvalue weighted by molar-refractivity contribution is 14.0. The third-order valence-corrected chi connectivity index (χ3v) is 5.79. The van der Waals surface area contributed by atoms with Gasteiger partial charge in [-0.1, -0.05) is 30.7 Å². The number of nitrogens with zero attached hydrogens (tertiary/aromatic N) is 5. The molecule has 0 amide bonds. The van der Waals surface area contributed by atoms with Gasteiger partial charge in [-0.2, -0.15) is 0 Å². The van der Waals surface area contributed by atoms with Crippen molar-refractivity contribution in [2.45, 2.75) is 58.7 Å². The summed E-state index contributed by atoms with van der Waals surface area (Å²) in [6.45, 7) is 9.00. The Morgan fingerprint density at radius 1 is 1.20 bits per heavy atom. The first-order valence-corrected chi connectivity index (χ1v) is 10.9. The van der Waals surface area contributed by atoms with Crippen molar-refractivity contribution in [3.63, 3.8) is 0 Å². The summed E-state index contributed by atoms with van der Waals surface area (Å²) in [5, 5.41) is 12.3. The fourth-order valence-corrected chi connectivity index (χ4v) is 4.21. The third-order valence-electron chi connectivity index (χ3n) is 5.79. The molecule has 1 aromatic carbocycles. The number of nitrogens with one attached hydrogen (secondary N) is 1. The van der Waals surface area contributed by atoms with Gasteiger partial charge in [0.15, 0.2) is 11.8 Å². The molecular weight excluding hydrogens is 491 g/mol. The Kier molecular flexibility index (Phi) is 8.50. The molecule has 8 heteroatoms. The number of aromatic nitrogens is 3. The number of benzene rings is 1. The van der Waals surface area contributed by atoms with Crippen LogP contribution in [-0.2, 0) is 24.2 Å². The molecule has 1 aromatic heterocycles.